The maximum absolute atomic E-state index is 9.76. The van der Waals surface area contributed by atoms with E-state index in [1.807, 2.05) is 5.38 Å². The SMILES string of the molecule is OC(c1ccoc1)c1nc(Br)cs1. The van der Waals surface area contributed by atoms with Crippen molar-refractivity contribution in [2.24, 2.45) is 0 Å². The predicted octanol–water partition coefficient (Wildman–Crippen LogP) is 2.58. The molecule has 0 amide bonds. The smallest absolute Gasteiger partial charge is 0.134 e. The largest absolute Gasteiger partial charge is 0.472 e. The van der Waals surface area contributed by atoms with Crippen molar-refractivity contribution >= 4 is 27.3 Å². The van der Waals surface area contributed by atoms with E-state index in [0.717, 1.165) is 10.2 Å². The molecule has 0 saturated carbocycles. The molecule has 0 aliphatic heterocycles. The fraction of sp³-hybridized carbons (Fsp3) is 0.125. The topological polar surface area (TPSA) is 46.3 Å². The van der Waals surface area contributed by atoms with Crippen molar-refractivity contribution in [2.75, 3.05) is 0 Å². The second-order valence-corrected chi connectivity index (χ2v) is 4.17. The maximum atomic E-state index is 9.76. The van der Waals surface area contributed by atoms with Crippen LogP contribution in [0.2, 0.25) is 0 Å². The zero-order valence-electron chi connectivity index (χ0n) is 6.48. The highest BCUT2D eigenvalue weighted by molar-refractivity contribution is 9.10. The third-order valence-corrected chi connectivity index (χ3v) is 3.19. The van der Waals surface area contributed by atoms with Crippen LogP contribution in [0.1, 0.15) is 16.7 Å². The van der Waals surface area contributed by atoms with Gasteiger partial charge in [-0.25, -0.2) is 4.98 Å². The summed E-state index contributed by atoms with van der Waals surface area (Å²) in [6.07, 6.45) is 2.36. The molecule has 2 heterocycles. The fourth-order valence-electron chi connectivity index (χ4n) is 0.966. The van der Waals surface area contributed by atoms with E-state index in [-0.39, 0.29) is 0 Å². The molecule has 0 radical (unpaired) electrons. The molecule has 2 rings (SSSR count). The molecule has 13 heavy (non-hydrogen) atoms. The van der Waals surface area contributed by atoms with Crippen LogP contribution in [-0.4, -0.2) is 10.1 Å². The van der Waals surface area contributed by atoms with Gasteiger partial charge in [0.25, 0.3) is 0 Å². The number of hydrogen-bond donors (Lipinski definition) is 1. The van der Waals surface area contributed by atoms with Crippen molar-refractivity contribution in [3.05, 3.63) is 39.1 Å². The third kappa shape index (κ3) is 1.82. The molecule has 0 aliphatic rings. The Morgan fingerprint density at radius 3 is 3.00 bits per heavy atom. The molecule has 2 aromatic rings. The van der Waals surface area contributed by atoms with E-state index in [2.05, 4.69) is 20.9 Å². The van der Waals surface area contributed by atoms with Crippen LogP contribution in [0, 0.1) is 0 Å². The first-order valence-corrected chi connectivity index (χ1v) is 5.25. The summed E-state index contributed by atoms with van der Waals surface area (Å²) < 4.78 is 5.61. The average Bonchev–Trinajstić information content (AvgIpc) is 2.72. The quantitative estimate of drug-likeness (QED) is 0.902. The van der Waals surface area contributed by atoms with E-state index >= 15 is 0 Å². The van der Waals surface area contributed by atoms with Crippen LogP contribution in [0.5, 0.6) is 0 Å². The summed E-state index contributed by atoms with van der Waals surface area (Å²) in [5, 5.41) is 12.3. The highest BCUT2D eigenvalue weighted by Gasteiger charge is 2.14. The summed E-state index contributed by atoms with van der Waals surface area (Å²) in [6, 6.07) is 1.72. The average molecular weight is 260 g/mol. The number of thiazole rings is 1. The first kappa shape index (κ1) is 8.93. The molecule has 3 nitrogen and oxygen atoms in total. The highest BCUT2D eigenvalue weighted by atomic mass is 79.9. The van der Waals surface area contributed by atoms with Crippen LogP contribution in [0.4, 0.5) is 0 Å². The predicted molar refractivity (Wildman–Crippen MR) is 52.6 cm³/mol. The first-order valence-electron chi connectivity index (χ1n) is 3.58. The molecule has 0 aliphatic carbocycles. The zero-order valence-corrected chi connectivity index (χ0v) is 8.88. The molecule has 5 heteroatoms. The lowest BCUT2D eigenvalue weighted by Crippen LogP contribution is -1.96. The maximum Gasteiger partial charge on any atom is 0.134 e. The van der Waals surface area contributed by atoms with Gasteiger partial charge in [0, 0.05) is 10.9 Å². The van der Waals surface area contributed by atoms with E-state index in [9.17, 15) is 5.11 Å². The molecule has 2 aromatic heterocycles. The molecule has 0 aromatic carbocycles. The monoisotopic (exact) mass is 259 g/mol. The minimum atomic E-state index is -0.685. The molecular formula is C8H6BrNO2S. The van der Waals surface area contributed by atoms with Gasteiger partial charge in [0.15, 0.2) is 0 Å². The van der Waals surface area contributed by atoms with Gasteiger partial charge in [0.1, 0.15) is 15.7 Å². The Balaban J connectivity index is 2.28. The van der Waals surface area contributed by atoms with Crippen LogP contribution >= 0.6 is 27.3 Å². The van der Waals surface area contributed by atoms with Gasteiger partial charge in [0.05, 0.1) is 12.5 Å². The minimum Gasteiger partial charge on any atom is -0.472 e. The van der Waals surface area contributed by atoms with Gasteiger partial charge in [0.2, 0.25) is 0 Å². The van der Waals surface area contributed by atoms with Crippen molar-refractivity contribution in [3.8, 4) is 0 Å². The van der Waals surface area contributed by atoms with E-state index in [1.54, 1.807) is 6.07 Å². The second-order valence-electron chi connectivity index (χ2n) is 2.47. The first-order chi connectivity index (χ1) is 6.27. The molecule has 1 N–H and O–H groups in total. The minimum absolute atomic E-state index is 0.660. The Bertz CT molecular complexity index is 385. The standard InChI is InChI=1S/C8H6BrNO2S/c9-6-4-13-8(10-6)7(11)5-1-2-12-3-5/h1-4,7,11H. The summed E-state index contributed by atoms with van der Waals surface area (Å²) in [5.41, 5.74) is 0.724. The van der Waals surface area contributed by atoms with E-state index < -0.39 is 6.10 Å². The van der Waals surface area contributed by atoms with Crippen molar-refractivity contribution in [1.82, 2.24) is 4.98 Å². The lowest BCUT2D eigenvalue weighted by molar-refractivity contribution is 0.218. The number of hydrogen-bond acceptors (Lipinski definition) is 4. The highest BCUT2D eigenvalue weighted by Crippen LogP contribution is 2.26. The molecule has 0 saturated heterocycles. The summed E-state index contributed by atoms with van der Waals surface area (Å²) in [5.74, 6) is 0. The van der Waals surface area contributed by atoms with Crippen LogP contribution < -0.4 is 0 Å². The molecule has 0 fully saturated rings. The van der Waals surface area contributed by atoms with Gasteiger partial charge >= 0.3 is 0 Å². The Kier molecular flexibility index (Phi) is 2.48. The van der Waals surface area contributed by atoms with Crippen LogP contribution in [0.25, 0.3) is 0 Å². The van der Waals surface area contributed by atoms with Crippen molar-refractivity contribution in [3.63, 3.8) is 0 Å². The van der Waals surface area contributed by atoms with Gasteiger partial charge < -0.3 is 9.52 Å². The van der Waals surface area contributed by atoms with Crippen molar-refractivity contribution in [2.45, 2.75) is 6.10 Å². The van der Waals surface area contributed by atoms with Crippen molar-refractivity contribution < 1.29 is 9.52 Å². The molecular weight excluding hydrogens is 254 g/mol. The molecule has 1 atom stereocenters. The van der Waals surface area contributed by atoms with Crippen molar-refractivity contribution in [1.29, 1.82) is 0 Å². The van der Waals surface area contributed by atoms with Crippen LogP contribution in [-0.2, 0) is 0 Å². The summed E-state index contributed by atoms with van der Waals surface area (Å²) in [6.45, 7) is 0. The van der Waals surface area contributed by atoms with Gasteiger partial charge in [-0.2, -0.15) is 0 Å². The Morgan fingerprint density at radius 1 is 1.62 bits per heavy atom. The number of aliphatic hydroxyl groups excluding tert-OH is 1. The lowest BCUT2D eigenvalue weighted by atomic mass is 10.2. The van der Waals surface area contributed by atoms with E-state index in [4.69, 9.17) is 4.42 Å². The Morgan fingerprint density at radius 2 is 2.46 bits per heavy atom. The second kappa shape index (κ2) is 3.61. The number of halogens is 1. The van der Waals surface area contributed by atoms with E-state index in [0.29, 0.717) is 5.01 Å². The molecule has 1 unspecified atom stereocenters. The van der Waals surface area contributed by atoms with Gasteiger partial charge in [-0.15, -0.1) is 11.3 Å². The summed E-state index contributed by atoms with van der Waals surface area (Å²) >= 11 is 4.63. The third-order valence-electron chi connectivity index (χ3n) is 1.59. The summed E-state index contributed by atoms with van der Waals surface area (Å²) in [7, 11) is 0. The van der Waals surface area contributed by atoms with E-state index in [1.165, 1.54) is 23.9 Å². The summed E-state index contributed by atoms with van der Waals surface area (Å²) in [4.78, 5) is 4.11. The van der Waals surface area contributed by atoms with Gasteiger partial charge in [-0.1, -0.05) is 0 Å². The molecule has 0 spiro atoms. The van der Waals surface area contributed by atoms with Crippen LogP contribution in [0.3, 0.4) is 0 Å². The Labute approximate surface area is 87.2 Å². The Hall–Kier alpha value is -0.650. The normalized spacial score (nSPS) is 13.1. The number of furan rings is 1. The van der Waals surface area contributed by atoms with Crippen LogP contribution in [0.15, 0.2) is 33.0 Å². The number of nitrogens with zero attached hydrogens (tertiary/aromatic N) is 1. The number of rotatable bonds is 2. The number of aromatic nitrogens is 1. The fourth-order valence-corrected chi connectivity index (χ4v) is 2.24. The molecule has 0 bridgehead atoms. The number of aliphatic hydroxyl groups is 1. The molecule has 68 valence electrons. The lowest BCUT2D eigenvalue weighted by Gasteiger charge is -2.02. The zero-order chi connectivity index (χ0) is 9.26. The van der Waals surface area contributed by atoms with Gasteiger partial charge in [-0.3, -0.25) is 0 Å². The van der Waals surface area contributed by atoms with Gasteiger partial charge in [-0.05, 0) is 22.0 Å².